The van der Waals surface area contributed by atoms with Crippen LogP contribution in [0.3, 0.4) is 0 Å². The number of piperidine rings is 2. The number of carbonyl (C=O) groups excluding carboxylic acids is 5. The minimum atomic E-state index is -0.999. The van der Waals surface area contributed by atoms with Crippen molar-refractivity contribution >= 4 is 52.2 Å². The van der Waals surface area contributed by atoms with Crippen LogP contribution in [-0.2, 0) is 16.1 Å². The first-order chi connectivity index (χ1) is 28.2. The molecule has 1 atom stereocenters. The lowest BCUT2D eigenvalue weighted by molar-refractivity contribution is -0.136. The highest BCUT2D eigenvalue weighted by molar-refractivity contribution is 6.25. The summed E-state index contributed by atoms with van der Waals surface area (Å²) in [6.07, 6.45) is 6.73. The third kappa shape index (κ3) is 7.09. The minimum absolute atomic E-state index is 0.0516. The van der Waals surface area contributed by atoms with Crippen molar-refractivity contribution in [2.24, 2.45) is 5.92 Å². The van der Waals surface area contributed by atoms with Crippen molar-refractivity contribution in [1.82, 2.24) is 40.0 Å². The Kier molecular flexibility index (Phi) is 9.75. The molecule has 4 aliphatic rings. The second-order valence-electron chi connectivity index (χ2n) is 15.4. The molecule has 3 fully saturated rings. The average Bonchev–Trinajstić information content (AvgIpc) is 3.76. The van der Waals surface area contributed by atoms with Crippen molar-refractivity contribution < 1.29 is 28.7 Å². The molecule has 16 nitrogen and oxygen atoms in total. The smallest absolute Gasteiger partial charge is 0.270 e. The van der Waals surface area contributed by atoms with E-state index in [4.69, 9.17) is 4.74 Å². The first-order valence-electron chi connectivity index (χ1n) is 19.7. The summed E-state index contributed by atoms with van der Waals surface area (Å²) in [5.41, 5.74) is 4.95. The molecule has 5 aromatic rings. The maximum Gasteiger partial charge on any atom is 0.270 e. The minimum Gasteiger partial charge on any atom is -0.493 e. The molecular weight excluding hydrogens is 741 g/mol. The Morgan fingerprint density at radius 3 is 2.55 bits per heavy atom. The number of pyridine rings is 1. The van der Waals surface area contributed by atoms with Crippen molar-refractivity contribution in [3.8, 4) is 5.75 Å². The maximum absolute atomic E-state index is 13.6. The Morgan fingerprint density at radius 2 is 1.74 bits per heavy atom. The van der Waals surface area contributed by atoms with Gasteiger partial charge in [0.15, 0.2) is 11.5 Å². The van der Waals surface area contributed by atoms with Gasteiger partial charge in [0.05, 0.1) is 29.7 Å². The number of benzene rings is 2. The first kappa shape index (κ1) is 36.9. The molecule has 16 heteroatoms. The third-order valence-electron chi connectivity index (χ3n) is 11.6. The van der Waals surface area contributed by atoms with Gasteiger partial charge in [-0.1, -0.05) is 24.3 Å². The van der Waals surface area contributed by atoms with Gasteiger partial charge in [-0.2, -0.15) is 0 Å². The molecule has 5 amide bonds. The van der Waals surface area contributed by atoms with Crippen molar-refractivity contribution in [1.29, 1.82) is 0 Å². The molecule has 3 aromatic heterocycles. The second-order valence-corrected chi connectivity index (χ2v) is 15.4. The van der Waals surface area contributed by atoms with Crippen LogP contribution < -0.4 is 25.6 Å². The zero-order chi connectivity index (χ0) is 39.9. The second kappa shape index (κ2) is 15.3. The third-order valence-corrected chi connectivity index (χ3v) is 11.6. The van der Waals surface area contributed by atoms with Gasteiger partial charge in [0, 0.05) is 43.8 Å². The lowest BCUT2D eigenvalue weighted by Gasteiger charge is -2.36. The van der Waals surface area contributed by atoms with Gasteiger partial charge in [-0.15, -0.1) is 0 Å². The Morgan fingerprint density at radius 1 is 0.931 bits per heavy atom. The molecule has 0 bridgehead atoms. The van der Waals surface area contributed by atoms with Crippen LogP contribution in [0.4, 0.5) is 11.5 Å². The van der Waals surface area contributed by atoms with Gasteiger partial charge in [0.1, 0.15) is 29.3 Å². The Hall–Kier alpha value is -6.71. The van der Waals surface area contributed by atoms with Crippen LogP contribution in [0.1, 0.15) is 87.0 Å². The van der Waals surface area contributed by atoms with E-state index < -0.39 is 29.7 Å². The molecule has 1 saturated carbocycles. The van der Waals surface area contributed by atoms with Crippen LogP contribution in [0.2, 0.25) is 0 Å². The van der Waals surface area contributed by atoms with Gasteiger partial charge < -0.3 is 24.8 Å². The summed E-state index contributed by atoms with van der Waals surface area (Å²) in [6, 6.07) is 17.8. The van der Waals surface area contributed by atoms with Crippen LogP contribution in [0, 0.1) is 12.8 Å². The number of anilines is 2. The summed E-state index contributed by atoms with van der Waals surface area (Å²) >= 11 is 0. The highest BCUT2D eigenvalue weighted by Crippen LogP contribution is 2.37. The largest absolute Gasteiger partial charge is 0.493 e. The molecule has 3 N–H and O–H groups in total. The van der Waals surface area contributed by atoms with Gasteiger partial charge in [-0.25, -0.2) is 19.9 Å². The zero-order valence-electron chi connectivity index (χ0n) is 31.9. The van der Waals surface area contributed by atoms with Crippen molar-refractivity contribution in [3.63, 3.8) is 0 Å². The SMILES string of the molecule is Cc1cccc(C(=O)NC2CC(n3cnc4c(NCc5cccc(OCC6CCN(c7cccc8c7C(=O)N(C7CCC(=O)NC7=O)C8=O)CC6)c5)ncnc43)C2)n1. The molecule has 58 heavy (non-hydrogen) atoms. The Bertz CT molecular complexity index is 2450. The number of fused-ring (bicyclic) bond motifs is 2. The van der Waals surface area contributed by atoms with Crippen LogP contribution >= 0.6 is 0 Å². The topological polar surface area (TPSA) is 194 Å². The van der Waals surface area contributed by atoms with Gasteiger partial charge in [0.25, 0.3) is 17.7 Å². The highest BCUT2D eigenvalue weighted by atomic mass is 16.5. The van der Waals surface area contributed by atoms with Gasteiger partial charge in [0.2, 0.25) is 11.8 Å². The number of nitrogens with one attached hydrogen (secondary N) is 3. The van der Waals surface area contributed by atoms with E-state index in [1.807, 2.05) is 49.4 Å². The summed E-state index contributed by atoms with van der Waals surface area (Å²) in [7, 11) is 0. The summed E-state index contributed by atoms with van der Waals surface area (Å²) in [5.74, 6) is -0.486. The van der Waals surface area contributed by atoms with Gasteiger partial charge >= 0.3 is 0 Å². The normalized spacial score (nSPS) is 20.8. The molecule has 3 aliphatic heterocycles. The molecular formula is C42H42N10O6. The van der Waals surface area contributed by atoms with Crippen molar-refractivity contribution in [2.45, 2.75) is 70.1 Å². The van der Waals surface area contributed by atoms with E-state index in [9.17, 15) is 24.0 Å². The van der Waals surface area contributed by atoms with Crippen molar-refractivity contribution in [2.75, 3.05) is 29.9 Å². The number of hydrogen-bond donors (Lipinski definition) is 3. The summed E-state index contributed by atoms with van der Waals surface area (Å²) in [6.45, 7) is 4.27. The molecule has 9 rings (SSSR count). The molecule has 296 valence electrons. The molecule has 6 heterocycles. The fourth-order valence-electron chi connectivity index (χ4n) is 8.36. The van der Waals surface area contributed by atoms with Crippen LogP contribution in [0.25, 0.3) is 11.2 Å². The number of rotatable bonds is 11. The van der Waals surface area contributed by atoms with E-state index in [-0.39, 0.29) is 36.4 Å². The predicted octanol–water partition coefficient (Wildman–Crippen LogP) is 3.97. The number of aromatic nitrogens is 5. The van der Waals surface area contributed by atoms with E-state index in [1.54, 1.807) is 24.5 Å². The number of aryl methyl sites for hydroxylation is 1. The van der Waals surface area contributed by atoms with E-state index in [2.05, 4.69) is 45.4 Å². The maximum atomic E-state index is 13.6. The number of imidazole rings is 1. The fraction of sp³-hybridized carbons (Fsp3) is 0.357. The fourth-order valence-corrected chi connectivity index (χ4v) is 8.36. The summed E-state index contributed by atoms with van der Waals surface area (Å²) < 4.78 is 8.33. The van der Waals surface area contributed by atoms with Crippen LogP contribution in [0.5, 0.6) is 5.75 Å². The zero-order valence-corrected chi connectivity index (χ0v) is 31.9. The van der Waals surface area contributed by atoms with Crippen LogP contribution in [-0.4, -0.2) is 90.7 Å². The molecule has 1 unspecified atom stereocenters. The number of carbonyl (C=O) groups is 5. The van der Waals surface area contributed by atoms with E-state index in [0.29, 0.717) is 60.4 Å². The summed E-state index contributed by atoms with van der Waals surface area (Å²) in [4.78, 5) is 84.9. The van der Waals surface area contributed by atoms with Crippen molar-refractivity contribution in [3.05, 3.63) is 101 Å². The standard InChI is InChI=1S/C42H42N10O6/c1-24-5-2-9-31(47-24)39(54)48-27-18-28(19-27)51-23-46-36-37(44-22-45-38(36)51)43-20-26-6-3-7-29(17-26)58-21-25-13-15-50(16-14-25)32-10-4-8-30-35(32)42(57)52(41(30)56)33-11-12-34(53)49-40(33)55/h2-10,17,22-23,25,27-28,33H,11-16,18-21H2,1H3,(H,48,54)(H,43,44,45)(H,49,53,55). The predicted molar refractivity (Wildman–Crippen MR) is 211 cm³/mol. The number of imide groups is 2. The monoisotopic (exact) mass is 782 g/mol. The first-order valence-corrected chi connectivity index (χ1v) is 19.7. The summed E-state index contributed by atoms with van der Waals surface area (Å²) in [5, 5.41) is 8.75. The average molecular weight is 783 g/mol. The Balaban J connectivity index is 0.767. The molecule has 2 saturated heterocycles. The molecule has 1 aliphatic carbocycles. The van der Waals surface area contributed by atoms with E-state index in [0.717, 1.165) is 53.2 Å². The highest BCUT2D eigenvalue weighted by Gasteiger charge is 2.46. The number of nitrogens with zero attached hydrogens (tertiary/aromatic N) is 7. The lowest BCUT2D eigenvalue weighted by Crippen LogP contribution is -2.54. The van der Waals surface area contributed by atoms with E-state index in [1.165, 1.54) is 6.33 Å². The molecule has 2 aromatic carbocycles. The van der Waals surface area contributed by atoms with Gasteiger partial charge in [-0.3, -0.25) is 34.2 Å². The lowest BCUT2D eigenvalue weighted by atomic mass is 9.86. The molecule has 0 radical (unpaired) electrons. The van der Waals surface area contributed by atoms with E-state index >= 15 is 0 Å². The Labute approximate surface area is 333 Å². The molecule has 0 spiro atoms. The number of ether oxygens (including phenoxy) is 1. The quantitative estimate of drug-likeness (QED) is 0.164. The van der Waals surface area contributed by atoms with Gasteiger partial charge in [-0.05, 0) is 86.9 Å². The van der Waals surface area contributed by atoms with Crippen LogP contribution in [0.15, 0.2) is 73.3 Å². The number of amides is 5. The number of hydrogen-bond acceptors (Lipinski definition) is 12.